The molecule has 1 N–H and O–H groups in total. The van der Waals surface area contributed by atoms with Crippen molar-refractivity contribution in [2.45, 2.75) is 13.0 Å². The predicted octanol–water partition coefficient (Wildman–Crippen LogP) is 3.98. The van der Waals surface area contributed by atoms with Crippen LogP contribution >= 0.6 is 0 Å². The number of carbonyl (C=O) groups is 2. The smallest absolute Gasteiger partial charge is 0.342 e. The van der Waals surface area contributed by atoms with E-state index in [9.17, 15) is 14.7 Å². The average molecular weight is 350 g/mol. The highest BCUT2D eigenvalue weighted by atomic mass is 16.5. The molecule has 26 heavy (non-hydrogen) atoms. The number of phenols is 1. The lowest BCUT2D eigenvalue weighted by Crippen LogP contribution is -2.24. The van der Waals surface area contributed by atoms with Crippen LogP contribution in [0, 0.1) is 0 Å². The van der Waals surface area contributed by atoms with E-state index in [1.165, 1.54) is 20.1 Å². The second-order valence-corrected chi connectivity index (χ2v) is 5.86. The van der Waals surface area contributed by atoms with Gasteiger partial charge in [0, 0.05) is 5.56 Å². The molecule has 0 bridgehead atoms. The summed E-state index contributed by atoms with van der Waals surface area (Å²) in [4.78, 5) is 24.8. The monoisotopic (exact) mass is 350 g/mol. The summed E-state index contributed by atoms with van der Waals surface area (Å²) in [6, 6.07) is 16.9. The van der Waals surface area contributed by atoms with Crippen molar-refractivity contribution in [2.75, 3.05) is 7.11 Å². The normalized spacial score (nSPS) is 11.8. The molecule has 0 spiro atoms. The SMILES string of the molecule is COc1ccc(C(=O)C(C)OC(=O)c2cc3ccccc3cc2O)cc1. The Morgan fingerprint density at radius 3 is 2.19 bits per heavy atom. The molecule has 3 aromatic carbocycles. The molecule has 0 aliphatic heterocycles. The summed E-state index contributed by atoms with van der Waals surface area (Å²) in [5, 5.41) is 11.7. The van der Waals surface area contributed by atoms with Crippen molar-refractivity contribution in [1.29, 1.82) is 0 Å². The highest BCUT2D eigenvalue weighted by molar-refractivity contribution is 6.03. The van der Waals surface area contributed by atoms with Gasteiger partial charge in [0.1, 0.15) is 17.1 Å². The first-order valence-electron chi connectivity index (χ1n) is 8.10. The minimum absolute atomic E-state index is 0.0260. The van der Waals surface area contributed by atoms with E-state index in [1.807, 2.05) is 24.3 Å². The molecule has 0 saturated carbocycles. The Hall–Kier alpha value is -3.34. The molecule has 0 aromatic heterocycles. The number of ether oxygens (including phenoxy) is 2. The summed E-state index contributed by atoms with van der Waals surface area (Å²) in [5.74, 6) is -0.631. The van der Waals surface area contributed by atoms with Crippen molar-refractivity contribution < 1.29 is 24.2 Å². The molecule has 1 atom stereocenters. The number of aromatic hydroxyl groups is 1. The lowest BCUT2D eigenvalue weighted by Gasteiger charge is -2.14. The number of hydrogen-bond acceptors (Lipinski definition) is 5. The Morgan fingerprint density at radius 2 is 1.58 bits per heavy atom. The van der Waals surface area contributed by atoms with Gasteiger partial charge in [-0.1, -0.05) is 24.3 Å². The van der Waals surface area contributed by atoms with Gasteiger partial charge < -0.3 is 14.6 Å². The zero-order chi connectivity index (χ0) is 18.7. The van der Waals surface area contributed by atoms with Gasteiger partial charge in [-0.2, -0.15) is 0 Å². The largest absolute Gasteiger partial charge is 0.507 e. The van der Waals surface area contributed by atoms with Crippen LogP contribution in [0.3, 0.4) is 0 Å². The van der Waals surface area contributed by atoms with E-state index in [0.717, 1.165) is 10.8 Å². The van der Waals surface area contributed by atoms with Gasteiger partial charge in [-0.05, 0) is 54.1 Å². The number of carbonyl (C=O) groups excluding carboxylic acids is 2. The summed E-state index contributed by atoms with van der Waals surface area (Å²) < 4.78 is 10.3. The molecule has 0 heterocycles. The van der Waals surface area contributed by atoms with Gasteiger partial charge >= 0.3 is 5.97 Å². The second-order valence-electron chi connectivity index (χ2n) is 5.86. The van der Waals surface area contributed by atoms with Gasteiger partial charge in [0.15, 0.2) is 6.10 Å². The fourth-order valence-corrected chi connectivity index (χ4v) is 2.66. The molecule has 0 aliphatic carbocycles. The van der Waals surface area contributed by atoms with Crippen LogP contribution in [0.2, 0.25) is 0 Å². The van der Waals surface area contributed by atoms with E-state index in [4.69, 9.17) is 9.47 Å². The lowest BCUT2D eigenvalue weighted by atomic mass is 10.1. The maximum atomic E-state index is 12.4. The highest BCUT2D eigenvalue weighted by Gasteiger charge is 2.22. The first-order chi connectivity index (χ1) is 12.5. The summed E-state index contributed by atoms with van der Waals surface area (Å²) in [7, 11) is 1.54. The van der Waals surface area contributed by atoms with Gasteiger partial charge in [0.2, 0.25) is 5.78 Å². The van der Waals surface area contributed by atoms with Crippen molar-refractivity contribution in [3.63, 3.8) is 0 Å². The number of benzene rings is 3. The predicted molar refractivity (Wildman–Crippen MR) is 97.8 cm³/mol. The van der Waals surface area contributed by atoms with Gasteiger partial charge in [0.25, 0.3) is 0 Å². The molecule has 5 nitrogen and oxygen atoms in total. The van der Waals surface area contributed by atoms with Crippen LogP contribution in [-0.2, 0) is 4.74 Å². The summed E-state index contributed by atoms with van der Waals surface area (Å²) in [6.07, 6.45) is -0.984. The molecular formula is C21H18O5. The van der Waals surface area contributed by atoms with Gasteiger partial charge in [-0.3, -0.25) is 4.79 Å². The molecule has 3 rings (SSSR count). The standard InChI is InChI=1S/C21H18O5/c1-13(20(23)14-7-9-17(25-2)10-8-14)26-21(24)18-11-15-5-3-4-6-16(15)12-19(18)22/h3-13,22H,1-2H3. The van der Waals surface area contributed by atoms with Crippen LogP contribution in [0.25, 0.3) is 10.8 Å². The number of esters is 1. The van der Waals surface area contributed by atoms with Crippen LogP contribution in [0.1, 0.15) is 27.6 Å². The fraction of sp³-hybridized carbons (Fsp3) is 0.143. The second kappa shape index (κ2) is 7.27. The van der Waals surface area contributed by atoms with E-state index >= 15 is 0 Å². The molecule has 0 fully saturated rings. The first-order valence-corrected chi connectivity index (χ1v) is 8.10. The van der Waals surface area contributed by atoms with Crippen molar-refractivity contribution in [2.24, 2.45) is 0 Å². The third kappa shape index (κ3) is 3.52. The maximum absolute atomic E-state index is 12.4. The molecule has 5 heteroatoms. The van der Waals surface area contributed by atoms with Crippen molar-refractivity contribution in [1.82, 2.24) is 0 Å². The zero-order valence-corrected chi connectivity index (χ0v) is 14.4. The number of hydrogen-bond donors (Lipinski definition) is 1. The Labute approximate surface area is 150 Å². The van der Waals surface area contributed by atoms with Crippen molar-refractivity contribution in [3.05, 3.63) is 71.8 Å². The van der Waals surface area contributed by atoms with Crippen LogP contribution < -0.4 is 4.74 Å². The number of Topliss-reactive ketones (excluding diaryl/α,β-unsaturated/α-hetero) is 1. The molecule has 3 aromatic rings. The van der Waals surface area contributed by atoms with E-state index in [1.54, 1.807) is 30.3 Å². The van der Waals surface area contributed by atoms with E-state index < -0.39 is 12.1 Å². The van der Waals surface area contributed by atoms with Gasteiger partial charge in [0.05, 0.1) is 7.11 Å². The van der Waals surface area contributed by atoms with Crippen molar-refractivity contribution in [3.8, 4) is 11.5 Å². The van der Waals surface area contributed by atoms with Gasteiger partial charge in [-0.25, -0.2) is 4.79 Å². The minimum atomic E-state index is -0.984. The Balaban J connectivity index is 1.78. The fourth-order valence-electron chi connectivity index (χ4n) is 2.66. The van der Waals surface area contributed by atoms with Crippen molar-refractivity contribution >= 4 is 22.5 Å². The molecule has 132 valence electrons. The van der Waals surface area contributed by atoms with Crippen LogP contribution in [0.15, 0.2) is 60.7 Å². The highest BCUT2D eigenvalue weighted by Crippen LogP contribution is 2.26. The number of ketones is 1. The summed E-state index contributed by atoms with van der Waals surface area (Å²) in [6.45, 7) is 1.50. The maximum Gasteiger partial charge on any atom is 0.342 e. The Morgan fingerprint density at radius 1 is 0.962 bits per heavy atom. The van der Waals surface area contributed by atoms with E-state index in [0.29, 0.717) is 11.3 Å². The van der Waals surface area contributed by atoms with Crippen LogP contribution in [0.5, 0.6) is 11.5 Å². The van der Waals surface area contributed by atoms with Crippen LogP contribution in [-0.4, -0.2) is 30.1 Å². The molecule has 1 unspecified atom stereocenters. The quantitative estimate of drug-likeness (QED) is 0.556. The molecule has 0 saturated heterocycles. The molecule has 0 amide bonds. The van der Waals surface area contributed by atoms with E-state index in [-0.39, 0.29) is 17.1 Å². The number of methoxy groups -OCH3 is 1. The van der Waals surface area contributed by atoms with Gasteiger partial charge in [-0.15, -0.1) is 0 Å². The minimum Gasteiger partial charge on any atom is -0.507 e. The topological polar surface area (TPSA) is 72.8 Å². The third-order valence-electron chi connectivity index (χ3n) is 4.11. The number of fused-ring (bicyclic) bond motifs is 1. The average Bonchev–Trinajstić information content (AvgIpc) is 2.66. The lowest BCUT2D eigenvalue weighted by molar-refractivity contribution is 0.0316. The summed E-state index contributed by atoms with van der Waals surface area (Å²) >= 11 is 0. The Bertz CT molecular complexity index is 960. The molecule has 0 aliphatic rings. The zero-order valence-electron chi connectivity index (χ0n) is 14.4. The van der Waals surface area contributed by atoms with Crippen LogP contribution in [0.4, 0.5) is 0 Å². The molecule has 0 radical (unpaired) electrons. The summed E-state index contributed by atoms with van der Waals surface area (Å²) in [5.41, 5.74) is 0.437. The Kier molecular flexibility index (Phi) is 4.89. The first kappa shape index (κ1) is 17.5. The van der Waals surface area contributed by atoms with E-state index in [2.05, 4.69) is 0 Å². The molecular weight excluding hydrogens is 332 g/mol. The number of rotatable bonds is 5. The number of phenolic OH excluding ortho intramolecular Hbond substituents is 1. The third-order valence-corrected chi connectivity index (χ3v) is 4.11.